The quantitative estimate of drug-likeness (QED) is 0.752. The molecule has 0 aliphatic rings. The Bertz CT molecular complexity index is 353. The fourth-order valence-electron chi connectivity index (χ4n) is 1.24. The summed E-state index contributed by atoms with van der Waals surface area (Å²) in [6.45, 7) is 3.93. The molecule has 0 saturated carbocycles. The van der Waals surface area contributed by atoms with Gasteiger partial charge >= 0.3 is 0 Å². The van der Waals surface area contributed by atoms with Crippen molar-refractivity contribution in [2.24, 2.45) is 0 Å². The van der Waals surface area contributed by atoms with Gasteiger partial charge in [-0.05, 0) is 36.6 Å². The Hall–Kier alpha value is -0.520. The number of nitrogens with zero attached hydrogens (tertiary/aromatic N) is 1. The Morgan fingerprint density at radius 3 is 2.62 bits per heavy atom. The van der Waals surface area contributed by atoms with E-state index in [0.29, 0.717) is 11.4 Å². The summed E-state index contributed by atoms with van der Waals surface area (Å²) in [4.78, 5) is 0. The van der Waals surface area contributed by atoms with Crippen molar-refractivity contribution in [1.82, 2.24) is 0 Å². The first-order chi connectivity index (χ1) is 6.07. The third-order valence-corrected chi connectivity index (χ3v) is 3.35. The van der Waals surface area contributed by atoms with Crippen LogP contribution in [0.3, 0.4) is 0 Å². The number of hydrogen-bond acceptors (Lipinski definition) is 1. The van der Waals surface area contributed by atoms with Crippen molar-refractivity contribution in [3.05, 3.63) is 32.3 Å². The lowest BCUT2D eigenvalue weighted by Crippen LogP contribution is -1.94. The van der Waals surface area contributed by atoms with Gasteiger partial charge in [-0.1, -0.05) is 27.5 Å². The van der Waals surface area contributed by atoms with Crippen molar-refractivity contribution in [1.29, 1.82) is 5.26 Å². The van der Waals surface area contributed by atoms with Crippen LogP contribution < -0.4 is 0 Å². The Kier molecular flexibility index (Phi) is 3.35. The summed E-state index contributed by atoms with van der Waals surface area (Å²) in [6.07, 6.45) is 0.414. The first-order valence-electron chi connectivity index (χ1n) is 3.89. The summed E-state index contributed by atoms with van der Waals surface area (Å²) in [5.41, 5.74) is 3.13. The van der Waals surface area contributed by atoms with Gasteiger partial charge in [0.1, 0.15) is 0 Å². The molecule has 0 amide bonds. The minimum atomic E-state index is 0.414. The second-order valence-corrected chi connectivity index (χ2v) is 4.17. The number of benzene rings is 1. The van der Waals surface area contributed by atoms with Gasteiger partial charge in [0.05, 0.1) is 12.5 Å². The summed E-state index contributed by atoms with van der Waals surface area (Å²) in [7, 11) is 0. The number of nitriles is 1. The topological polar surface area (TPSA) is 23.8 Å². The zero-order valence-corrected chi connectivity index (χ0v) is 9.83. The molecule has 0 heterocycles. The normalized spacial score (nSPS) is 9.77. The maximum absolute atomic E-state index is 8.64. The average molecular weight is 259 g/mol. The van der Waals surface area contributed by atoms with Crippen molar-refractivity contribution < 1.29 is 0 Å². The van der Waals surface area contributed by atoms with Crippen LogP contribution in [0.2, 0.25) is 5.02 Å². The van der Waals surface area contributed by atoms with Crippen LogP contribution >= 0.6 is 27.5 Å². The van der Waals surface area contributed by atoms with Crippen molar-refractivity contribution in [3.63, 3.8) is 0 Å². The van der Waals surface area contributed by atoms with E-state index in [1.165, 1.54) is 0 Å². The summed E-state index contributed by atoms with van der Waals surface area (Å²) in [6, 6.07) is 4.01. The lowest BCUT2D eigenvalue weighted by Gasteiger charge is -2.10. The minimum absolute atomic E-state index is 0.414. The molecule has 13 heavy (non-hydrogen) atoms. The Labute approximate surface area is 91.5 Å². The van der Waals surface area contributed by atoms with Gasteiger partial charge in [-0.2, -0.15) is 5.26 Å². The van der Waals surface area contributed by atoms with Gasteiger partial charge in [-0.25, -0.2) is 0 Å². The van der Waals surface area contributed by atoms with E-state index in [1.807, 2.05) is 19.9 Å². The molecular weight excluding hydrogens is 249 g/mol. The maximum Gasteiger partial charge on any atom is 0.0669 e. The molecule has 0 spiro atoms. The highest BCUT2D eigenvalue weighted by molar-refractivity contribution is 9.10. The molecule has 1 aromatic rings. The van der Waals surface area contributed by atoms with Crippen LogP contribution in [-0.2, 0) is 6.42 Å². The molecular formula is C10H9BrClN. The van der Waals surface area contributed by atoms with Crippen molar-refractivity contribution in [3.8, 4) is 6.07 Å². The summed E-state index contributed by atoms with van der Waals surface area (Å²) in [5, 5.41) is 9.35. The van der Waals surface area contributed by atoms with E-state index in [9.17, 15) is 0 Å². The van der Waals surface area contributed by atoms with Crippen LogP contribution in [0.15, 0.2) is 10.5 Å². The summed E-state index contributed by atoms with van der Waals surface area (Å²) < 4.78 is 0.966. The van der Waals surface area contributed by atoms with Gasteiger partial charge < -0.3 is 0 Å². The molecule has 1 nitrogen and oxygen atoms in total. The predicted molar refractivity (Wildman–Crippen MR) is 57.9 cm³/mol. The highest BCUT2D eigenvalue weighted by Gasteiger charge is 2.09. The molecule has 0 unspecified atom stereocenters. The Morgan fingerprint density at radius 2 is 2.08 bits per heavy atom. The third kappa shape index (κ3) is 2.04. The zero-order valence-electron chi connectivity index (χ0n) is 7.49. The second kappa shape index (κ2) is 4.13. The minimum Gasteiger partial charge on any atom is -0.198 e. The average Bonchev–Trinajstić information content (AvgIpc) is 2.09. The molecule has 0 atom stereocenters. The SMILES string of the molecule is Cc1c(Cl)cc(Br)c(C)c1CC#N. The maximum atomic E-state index is 8.64. The van der Waals surface area contributed by atoms with Crippen LogP contribution in [0.5, 0.6) is 0 Å². The monoisotopic (exact) mass is 257 g/mol. The summed E-state index contributed by atoms with van der Waals surface area (Å²) >= 11 is 9.39. The molecule has 3 heteroatoms. The fraction of sp³-hybridized carbons (Fsp3) is 0.300. The second-order valence-electron chi connectivity index (χ2n) is 2.90. The van der Waals surface area contributed by atoms with Crippen molar-refractivity contribution in [2.45, 2.75) is 20.3 Å². The predicted octanol–water partition coefficient (Wildman–Crippen LogP) is 3.79. The van der Waals surface area contributed by atoms with Crippen molar-refractivity contribution >= 4 is 27.5 Å². The Balaban J connectivity index is 3.39. The van der Waals surface area contributed by atoms with Crippen LogP contribution in [0, 0.1) is 25.2 Å². The van der Waals surface area contributed by atoms with E-state index in [4.69, 9.17) is 16.9 Å². The van der Waals surface area contributed by atoms with E-state index in [0.717, 1.165) is 21.2 Å². The highest BCUT2D eigenvalue weighted by atomic mass is 79.9. The molecule has 0 aliphatic carbocycles. The zero-order chi connectivity index (χ0) is 10.0. The Morgan fingerprint density at radius 1 is 1.46 bits per heavy atom. The van der Waals surface area contributed by atoms with Gasteiger partial charge in [0, 0.05) is 9.50 Å². The van der Waals surface area contributed by atoms with E-state index >= 15 is 0 Å². The first kappa shape index (κ1) is 10.6. The summed E-state index contributed by atoms with van der Waals surface area (Å²) in [5.74, 6) is 0. The number of rotatable bonds is 1. The first-order valence-corrected chi connectivity index (χ1v) is 5.06. The molecule has 0 aromatic heterocycles. The largest absolute Gasteiger partial charge is 0.198 e. The van der Waals surface area contributed by atoms with Crippen molar-refractivity contribution in [2.75, 3.05) is 0 Å². The van der Waals surface area contributed by atoms with E-state index in [2.05, 4.69) is 22.0 Å². The van der Waals surface area contributed by atoms with Gasteiger partial charge in [-0.15, -0.1) is 0 Å². The third-order valence-electron chi connectivity index (χ3n) is 2.13. The molecule has 0 N–H and O–H groups in total. The molecule has 0 fully saturated rings. The van der Waals surface area contributed by atoms with Crippen LogP contribution in [0.4, 0.5) is 0 Å². The molecule has 0 bridgehead atoms. The molecule has 1 aromatic carbocycles. The fourth-order valence-corrected chi connectivity index (χ4v) is 2.06. The molecule has 0 saturated heterocycles. The molecule has 1 rings (SSSR count). The lowest BCUT2D eigenvalue weighted by atomic mass is 10.0. The molecule has 0 aliphatic heterocycles. The van der Waals surface area contributed by atoms with Gasteiger partial charge in [0.2, 0.25) is 0 Å². The smallest absolute Gasteiger partial charge is 0.0669 e. The van der Waals surface area contributed by atoms with Crippen LogP contribution in [0.1, 0.15) is 16.7 Å². The van der Waals surface area contributed by atoms with Gasteiger partial charge in [-0.3, -0.25) is 0 Å². The van der Waals surface area contributed by atoms with E-state index in [-0.39, 0.29) is 0 Å². The van der Waals surface area contributed by atoms with Gasteiger partial charge in [0.25, 0.3) is 0 Å². The van der Waals surface area contributed by atoms with Gasteiger partial charge in [0.15, 0.2) is 0 Å². The lowest BCUT2D eigenvalue weighted by molar-refractivity contribution is 1.16. The number of hydrogen-bond donors (Lipinski definition) is 0. The number of halogens is 2. The standard InChI is InChI=1S/C10H9BrClN/c1-6-8(3-4-13)7(2)10(12)5-9(6)11/h5H,3H2,1-2H3. The van der Waals surface area contributed by atoms with Crippen LogP contribution in [0.25, 0.3) is 0 Å². The van der Waals surface area contributed by atoms with E-state index in [1.54, 1.807) is 0 Å². The molecule has 68 valence electrons. The highest BCUT2D eigenvalue weighted by Crippen LogP contribution is 2.29. The van der Waals surface area contributed by atoms with E-state index < -0.39 is 0 Å². The van der Waals surface area contributed by atoms with Crippen LogP contribution in [-0.4, -0.2) is 0 Å². The molecule has 0 radical (unpaired) electrons.